The van der Waals surface area contributed by atoms with Gasteiger partial charge in [-0.2, -0.15) is 0 Å². The summed E-state index contributed by atoms with van der Waals surface area (Å²) in [6.45, 7) is 5.38. The fraction of sp³-hybridized carbons (Fsp3) is 0.625. The lowest BCUT2D eigenvalue weighted by atomic mass is 9.99. The Morgan fingerprint density at radius 1 is 1.39 bits per heavy atom. The molecule has 0 heterocycles. The zero-order valence-electron chi connectivity index (χ0n) is 11.8. The molecule has 1 aromatic carbocycles. The summed E-state index contributed by atoms with van der Waals surface area (Å²) in [5.74, 6) is 1.99. The van der Waals surface area contributed by atoms with Crippen molar-refractivity contribution >= 4 is 0 Å². The van der Waals surface area contributed by atoms with Crippen LogP contribution in [0.3, 0.4) is 0 Å². The molecule has 1 aliphatic carbocycles. The van der Waals surface area contributed by atoms with Crippen molar-refractivity contribution in [2.24, 2.45) is 5.92 Å². The van der Waals surface area contributed by atoms with Gasteiger partial charge in [-0.15, -0.1) is 0 Å². The van der Waals surface area contributed by atoms with Gasteiger partial charge in [-0.3, -0.25) is 0 Å². The number of methoxy groups -OCH3 is 1. The first-order valence-corrected chi connectivity index (χ1v) is 7.09. The lowest BCUT2D eigenvalue weighted by molar-refractivity contribution is 0.400. The van der Waals surface area contributed by atoms with Crippen LogP contribution >= 0.6 is 0 Å². The third kappa shape index (κ3) is 3.74. The van der Waals surface area contributed by atoms with Gasteiger partial charge in [-0.25, -0.2) is 0 Å². The highest BCUT2D eigenvalue weighted by molar-refractivity contribution is 5.37. The third-order valence-electron chi connectivity index (χ3n) is 3.71. The van der Waals surface area contributed by atoms with E-state index in [1.54, 1.807) is 7.11 Å². The Morgan fingerprint density at radius 2 is 2.17 bits per heavy atom. The second-order valence-electron chi connectivity index (χ2n) is 5.45. The van der Waals surface area contributed by atoms with Crippen LogP contribution < -0.4 is 10.1 Å². The predicted octanol–water partition coefficient (Wildman–Crippen LogP) is 3.32. The molecule has 0 aromatic heterocycles. The minimum atomic E-state index is 0.596. The minimum absolute atomic E-state index is 0.596. The lowest BCUT2D eigenvalue weighted by Gasteiger charge is -2.19. The SMILES string of the molecule is CCNC(Cc1cc(C)ccc1OC)CC1CC1. The van der Waals surface area contributed by atoms with E-state index in [0.29, 0.717) is 6.04 Å². The molecule has 2 heteroatoms. The topological polar surface area (TPSA) is 21.3 Å². The number of aryl methyl sites for hydroxylation is 1. The standard InChI is InChI=1S/C16H25NO/c1-4-17-15(10-13-6-7-13)11-14-9-12(2)5-8-16(14)18-3/h5,8-9,13,15,17H,4,6-7,10-11H2,1-3H3. The molecule has 0 aliphatic heterocycles. The molecule has 18 heavy (non-hydrogen) atoms. The highest BCUT2D eigenvalue weighted by Gasteiger charge is 2.25. The van der Waals surface area contributed by atoms with Crippen LogP contribution in [0.5, 0.6) is 5.75 Å². The Balaban J connectivity index is 2.05. The largest absolute Gasteiger partial charge is 0.496 e. The van der Waals surface area contributed by atoms with Crippen molar-refractivity contribution in [1.29, 1.82) is 0 Å². The molecule has 1 fully saturated rings. The summed E-state index contributed by atoms with van der Waals surface area (Å²) >= 11 is 0. The molecule has 0 amide bonds. The zero-order chi connectivity index (χ0) is 13.0. The summed E-state index contributed by atoms with van der Waals surface area (Å²) in [4.78, 5) is 0. The van der Waals surface area contributed by atoms with Crippen LogP contribution in [0.4, 0.5) is 0 Å². The second kappa shape index (κ2) is 6.24. The molecule has 1 aromatic rings. The van der Waals surface area contributed by atoms with Gasteiger partial charge in [0.05, 0.1) is 7.11 Å². The average Bonchev–Trinajstić information content (AvgIpc) is 3.13. The molecule has 0 radical (unpaired) electrons. The minimum Gasteiger partial charge on any atom is -0.496 e. The summed E-state index contributed by atoms with van der Waals surface area (Å²) in [7, 11) is 1.76. The quantitative estimate of drug-likeness (QED) is 0.798. The van der Waals surface area contributed by atoms with E-state index < -0.39 is 0 Å². The molecule has 2 rings (SSSR count). The highest BCUT2D eigenvalue weighted by Crippen LogP contribution is 2.34. The number of ether oxygens (including phenoxy) is 1. The lowest BCUT2D eigenvalue weighted by Crippen LogP contribution is -2.31. The fourth-order valence-electron chi connectivity index (χ4n) is 2.62. The van der Waals surface area contributed by atoms with Crippen LogP contribution in [-0.4, -0.2) is 19.7 Å². The predicted molar refractivity (Wildman–Crippen MR) is 76.2 cm³/mol. The molecule has 0 spiro atoms. The molecular formula is C16H25NO. The number of benzene rings is 1. The summed E-state index contributed by atoms with van der Waals surface area (Å²) < 4.78 is 5.47. The highest BCUT2D eigenvalue weighted by atomic mass is 16.5. The van der Waals surface area contributed by atoms with Crippen LogP contribution in [0.1, 0.15) is 37.3 Å². The van der Waals surface area contributed by atoms with E-state index in [1.807, 2.05) is 0 Å². The van der Waals surface area contributed by atoms with E-state index in [-0.39, 0.29) is 0 Å². The van der Waals surface area contributed by atoms with Gasteiger partial charge in [-0.05, 0) is 43.9 Å². The number of nitrogens with one attached hydrogen (secondary N) is 1. The Hall–Kier alpha value is -1.02. The van der Waals surface area contributed by atoms with Gasteiger partial charge in [0.15, 0.2) is 0 Å². The maximum absolute atomic E-state index is 5.47. The molecule has 1 N–H and O–H groups in total. The first-order chi connectivity index (χ1) is 8.72. The molecule has 100 valence electrons. The Kier molecular flexibility index (Phi) is 4.65. The summed E-state index contributed by atoms with van der Waals surface area (Å²) in [5, 5.41) is 3.62. The van der Waals surface area contributed by atoms with Crippen LogP contribution in [-0.2, 0) is 6.42 Å². The molecule has 1 unspecified atom stereocenters. The van der Waals surface area contributed by atoms with Crippen molar-refractivity contribution in [3.05, 3.63) is 29.3 Å². The van der Waals surface area contributed by atoms with Gasteiger partial charge < -0.3 is 10.1 Å². The van der Waals surface area contributed by atoms with E-state index in [1.165, 1.54) is 30.4 Å². The van der Waals surface area contributed by atoms with Crippen LogP contribution in [0, 0.1) is 12.8 Å². The Labute approximate surface area is 111 Å². The molecule has 0 bridgehead atoms. The van der Waals surface area contributed by atoms with Gasteiger partial charge in [0.1, 0.15) is 5.75 Å². The number of likely N-dealkylation sites (N-methyl/N-ethyl adjacent to an activating group) is 1. The smallest absolute Gasteiger partial charge is 0.122 e. The number of rotatable bonds is 7. The van der Waals surface area contributed by atoms with E-state index in [2.05, 4.69) is 37.4 Å². The zero-order valence-corrected chi connectivity index (χ0v) is 11.8. The molecule has 1 atom stereocenters. The Morgan fingerprint density at radius 3 is 2.78 bits per heavy atom. The maximum Gasteiger partial charge on any atom is 0.122 e. The van der Waals surface area contributed by atoms with Gasteiger partial charge >= 0.3 is 0 Å². The van der Waals surface area contributed by atoms with E-state index in [4.69, 9.17) is 4.74 Å². The van der Waals surface area contributed by atoms with Crippen LogP contribution in [0.2, 0.25) is 0 Å². The summed E-state index contributed by atoms with van der Waals surface area (Å²) in [5.41, 5.74) is 2.65. The third-order valence-corrected chi connectivity index (χ3v) is 3.71. The Bertz CT molecular complexity index is 385. The van der Waals surface area contributed by atoms with Crippen LogP contribution in [0.25, 0.3) is 0 Å². The van der Waals surface area contributed by atoms with Gasteiger partial charge in [0.25, 0.3) is 0 Å². The number of hydrogen-bond donors (Lipinski definition) is 1. The monoisotopic (exact) mass is 247 g/mol. The normalized spacial score (nSPS) is 16.6. The van der Waals surface area contributed by atoms with Crippen molar-refractivity contribution in [2.75, 3.05) is 13.7 Å². The first-order valence-electron chi connectivity index (χ1n) is 7.09. The van der Waals surface area contributed by atoms with Crippen LogP contribution in [0.15, 0.2) is 18.2 Å². The van der Waals surface area contributed by atoms with E-state index in [9.17, 15) is 0 Å². The van der Waals surface area contributed by atoms with Crippen molar-refractivity contribution in [2.45, 2.75) is 45.6 Å². The number of hydrogen-bond acceptors (Lipinski definition) is 2. The van der Waals surface area contributed by atoms with Crippen molar-refractivity contribution in [3.63, 3.8) is 0 Å². The van der Waals surface area contributed by atoms with Crippen molar-refractivity contribution in [1.82, 2.24) is 5.32 Å². The fourth-order valence-corrected chi connectivity index (χ4v) is 2.62. The first kappa shape index (κ1) is 13.4. The summed E-state index contributed by atoms with van der Waals surface area (Å²) in [6, 6.07) is 7.06. The van der Waals surface area contributed by atoms with E-state index in [0.717, 1.165) is 24.6 Å². The second-order valence-corrected chi connectivity index (χ2v) is 5.45. The molecule has 1 saturated carbocycles. The van der Waals surface area contributed by atoms with Gasteiger partial charge in [0.2, 0.25) is 0 Å². The van der Waals surface area contributed by atoms with E-state index >= 15 is 0 Å². The van der Waals surface area contributed by atoms with Gasteiger partial charge in [-0.1, -0.05) is 37.5 Å². The molecular weight excluding hydrogens is 222 g/mol. The van der Waals surface area contributed by atoms with Crippen molar-refractivity contribution in [3.8, 4) is 5.75 Å². The van der Waals surface area contributed by atoms with Gasteiger partial charge in [0, 0.05) is 6.04 Å². The summed E-state index contributed by atoms with van der Waals surface area (Å²) in [6.07, 6.45) is 5.24. The molecule has 2 nitrogen and oxygen atoms in total. The maximum atomic E-state index is 5.47. The molecule has 0 saturated heterocycles. The van der Waals surface area contributed by atoms with Crippen molar-refractivity contribution < 1.29 is 4.74 Å². The average molecular weight is 247 g/mol. The molecule has 1 aliphatic rings.